The van der Waals surface area contributed by atoms with Crippen molar-refractivity contribution in [2.75, 3.05) is 0 Å². The Bertz CT molecular complexity index is 791. The molecule has 0 unspecified atom stereocenters. The van der Waals surface area contributed by atoms with Gasteiger partial charge in [-0.2, -0.15) is 5.10 Å². The van der Waals surface area contributed by atoms with E-state index >= 15 is 0 Å². The minimum atomic E-state index is -0.328. The van der Waals surface area contributed by atoms with Gasteiger partial charge in [-0.1, -0.05) is 19.3 Å². The van der Waals surface area contributed by atoms with Crippen molar-refractivity contribution < 1.29 is 28.9 Å². The predicted molar refractivity (Wildman–Crippen MR) is 91.8 cm³/mol. The van der Waals surface area contributed by atoms with E-state index in [-0.39, 0.29) is 37.8 Å². The fraction of sp³-hybridized carbons (Fsp3) is 0.300. The van der Waals surface area contributed by atoms with Crippen LogP contribution in [0, 0.1) is 17.7 Å². The van der Waals surface area contributed by atoms with Crippen LogP contribution in [0.4, 0.5) is 8.78 Å². The summed E-state index contributed by atoms with van der Waals surface area (Å²) in [6.07, 6.45) is 5.68. The smallest absolute Gasteiger partial charge is 0.155 e. The summed E-state index contributed by atoms with van der Waals surface area (Å²) in [6.45, 7) is 0. The van der Waals surface area contributed by atoms with E-state index < -0.39 is 0 Å². The molecular formula is C20H18F2IrN3-. The number of halogens is 2. The van der Waals surface area contributed by atoms with Crippen LogP contribution < -0.4 is 0 Å². The van der Waals surface area contributed by atoms with E-state index in [9.17, 15) is 8.78 Å². The number of rotatable bonds is 3. The number of nitrogens with zero attached hydrogens (tertiary/aromatic N) is 3. The van der Waals surface area contributed by atoms with Gasteiger partial charge in [0, 0.05) is 37.5 Å². The standard InChI is InChI=1S/C20H18F2N3.Ir/c21-16-10-6-14(7-11-16)19-23-24-20(15-8-12-17(22)13-9-15)25(19)18-4-2-1-3-5-18;/h6-8,10-13,18H,1-5H2;/q-1;. The fourth-order valence-electron chi connectivity index (χ4n) is 3.50. The summed E-state index contributed by atoms with van der Waals surface area (Å²) in [7, 11) is 0. The zero-order valence-electron chi connectivity index (χ0n) is 14.1. The fourth-order valence-corrected chi connectivity index (χ4v) is 3.50. The van der Waals surface area contributed by atoms with Crippen molar-refractivity contribution in [2.24, 2.45) is 0 Å². The van der Waals surface area contributed by atoms with E-state index in [0.29, 0.717) is 11.4 Å². The molecule has 4 rings (SSSR count). The van der Waals surface area contributed by atoms with Crippen molar-refractivity contribution in [3.05, 3.63) is 60.2 Å². The Hall–Kier alpha value is -1.91. The van der Waals surface area contributed by atoms with Crippen molar-refractivity contribution >= 4 is 0 Å². The van der Waals surface area contributed by atoms with Gasteiger partial charge in [-0.3, -0.25) is 4.39 Å². The number of benzene rings is 2. The molecule has 0 amide bonds. The zero-order valence-corrected chi connectivity index (χ0v) is 16.5. The predicted octanol–water partition coefficient (Wildman–Crippen LogP) is 5.19. The van der Waals surface area contributed by atoms with Gasteiger partial charge < -0.3 is 4.57 Å². The molecule has 1 fully saturated rings. The average Bonchev–Trinajstić information content (AvgIpc) is 3.09. The molecule has 1 heterocycles. The summed E-state index contributed by atoms with van der Waals surface area (Å²) >= 11 is 0. The number of aromatic nitrogens is 3. The third-order valence-corrected chi connectivity index (χ3v) is 4.75. The summed E-state index contributed by atoms with van der Waals surface area (Å²) < 4.78 is 28.7. The first-order valence-corrected chi connectivity index (χ1v) is 8.61. The Morgan fingerprint density at radius 1 is 0.846 bits per heavy atom. The summed E-state index contributed by atoms with van der Waals surface area (Å²) in [5.74, 6) is 0.802. The van der Waals surface area contributed by atoms with Gasteiger partial charge in [0.2, 0.25) is 0 Å². The molecule has 3 aromatic rings. The topological polar surface area (TPSA) is 30.7 Å². The molecule has 2 aromatic carbocycles. The maximum Gasteiger partial charge on any atom is 0.155 e. The molecule has 0 bridgehead atoms. The molecule has 0 spiro atoms. The summed E-state index contributed by atoms with van der Waals surface area (Å²) in [5, 5.41) is 8.72. The Labute approximate surface area is 164 Å². The van der Waals surface area contributed by atoms with Crippen LogP contribution in [0.2, 0.25) is 0 Å². The third kappa shape index (κ3) is 3.76. The molecular weight excluding hydrogens is 512 g/mol. The van der Waals surface area contributed by atoms with Crippen molar-refractivity contribution in [3.63, 3.8) is 0 Å². The van der Waals surface area contributed by atoms with Crippen LogP contribution in [0.5, 0.6) is 0 Å². The first-order chi connectivity index (χ1) is 12.2. The second-order valence-electron chi connectivity index (χ2n) is 6.44. The summed E-state index contributed by atoms with van der Waals surface area (Å²) in [6, 6.07) is 13.9. The quantitative estimate of drug-likeness (QED) is 0.437. The molecule has 1 radical (unpaired) electrons. The van der Waals surface area contributed by atoms with Gasteiger partial charge >= 0.3 is 0 Å². The van der Waals surface area contributed by atoms with Gasteiger partial charge in [-0.25, -0.2) is 4.39 Å². The van der Waals surface area contributed by atoms with Gasteiger partial charge in [0.15, 0.2) is 5.82 Å². The Morgan fingerprint density at radius 3 is 2.15 bits per heavy atom. The van der Waals surface area contributed by atoms with Crippen LogP contribution in [-0.2, 0) is 20.1 Å². The maximum absolute atomic E-state index is 13.3. The van der Waals surface area contributed by atoms with Gasteiger partial charge in [0.25, 0.3) is 0 Å². The average molecular weight is 531 g/mol. The molecule has 6 heteroatoms. The maximum atomic E-state index is 13.3. The van der Waals surface area contributed by atoms with Gasteiger partial charge in [0.05, 0.1) is 5.82 Å². The van der Waals surface area contributed by atoms with Crippen molar-refractivity contribution in [2.45, 2.75) is 38.1 Å². The molecule has 1 aromatic heterocycles. The number of hydrogen-bond donors (Lipinski definition) is 0. The van der Waals surface area contributed by atoms with Crippen molar-refractivity contribution in [1.29, 1.82) is 0 Å². The molecule has 0 atom stereocenters. The summed E-state index contributed by atoms with van der Waals surface area (Å²) in [4.78, 5) is 0. The van der Waals surface area contributed by atoms with Crippen molar-refractivity contribution in [1.82, 2.24) is 14.8 Å². The van der Waals surface area contributed by atoms with Crippen LogP contribution in [0.25, 0.3) is 22.8 Å². The number of hydrogen-bond acceptors (Lipinski definition) is 2. The van der Waals surface area contributed by atoms with E-state index in [1.165, 1.54) is 30.7 Å². The van der Waals surface area contributed by atoms with E-state index in [2.05, 4.69) is 20.8 Å². The van der Waals surface area contributed by atoms with E-state index in [0.717, 1.165) is 37.1 Å². The first-order valence-electron chi connectivity index (χ1n) is 8.61. The van der Waals surface area contributed by atoms with E-state index in [1.807, 2.05) is 0 Å². The molecule has 1 saturated carbocycles. The molecule has 0 aliphatic heterocycles. The minimum Gasteiger partial charge on any atom is -0.344 e. The molecule has 0 saturated heterocycles. The van der Waals surface area contributed by atoms with Crippen LogP contribution in [-0.4, -0.2) is 14.8 Å². The Balaban J connectivity index is 0.00000196. The van der Waals surface area contributed by atoms with Crippen LogP contribution in [0.1, 0.15) is 38.1 Å². The summed E-state index contributed by atoms with van der Waals surface area (Å²) in [5.41, 5.74) is 1.54. The van der Waals surface area contributed by atoms with E-state index in [1.54, 1.807) is 18.2 Å². The molecule has 1 aliphatic carbocycles. The molecule has 0 N–H and O–H groups in total. The van der Waals surface area contributed by atoms with Crippen LogP contribution >= 0.6 is 0 Å². The van der Waals surface area contributed by atoms with Crippen LogP contribution in [0.3, 0.4) is 0 Å². The molecule has 3 nitrogen and oxygen atoms in total. The SMILES string of the molecule is Fc1c[c-]c(-c2nnc(-c3ccc(F)cc3)n2C2CCCCC2)cc1.[Ir]. The Kier molecular flexibility index (Phi) is 5.94. The van der Waals surface area contributed by atoms with Gasteiger partial charge in [-0.05, 0) is 37.1 Å². The van der Waals surface area contributed by atoms with Crippen molar-refractivity contribution in [3.8, 4) is 22.8 Å². The van der Waals surface area contributed by atoms with E-state index in [4.69, 9.17) is 0 Å². The second kappa shape index (κ2) is 8.19. The third-order valence-electron chi connectivity index (χ3n) is 4.75. The molecule has 1 aliphatic rings. The first kappa shape index (κ1) is 18.9. The molecule has 137 valence electrons. The van der Waals surface area contributed by atoms with Gasteiger partial charge in [0.1, 0.15) is 5.82 Å². The largest absolute Gasteiger partial charge is 0.344 e. The second-order valence-corrected chi connectivity index (χ2v) is 6.44. The Morgan fingerprint density at radius 2 is 1.50 bits per heavy atom. The normalized spacial score (nSPS) is 14.8. The minimum absolute atomic E-state index is 0. The van der Waals surface area contributed by atoms with Crippen LogP contribution in [0.15, 0.2) is 42.5 Å². The zero-order chi connectivity index (χ0) is 17.2. The molecule has 26 heavy (non-hydrogen) atoms. The van der Waals surface area contributed by atoms with Gasteiger partial charge in [-0.15, -0.1) is 34.9 Å². The monoisotopic (exact) mass is 531 g/mol.